The molecule has 0 radical (unpaired) electrons. The summed E-state index contributed by atoms with van der Waals surface area (Å²) in [5.74, 6) is -6.45. The van der Waals surface area contributed by atoms with Crippen molar-refractivity contribution >= 4 is 0 Å². The topological polar surface area (TPSA) is 33.0 Å². The highest BCUT2D eigenvalue weighted by Crippen LogP contribution is 2.43. The van der Waals surface area contributed by atoms with Crippen LogP contribution in [0.4, 0.5) is 26.3 Å². The second kappa shape index (κ2) is 8.42. The average molecular weight is 425 g/mol. The van der Waals surface area contributed by atoms with Gasteiger partial charge in [0.25, 0.3) is 0 Å². The normalized spacial score (nSPS) is 19.5. The predicted octanol–water partition coefficient (Wildman–Crippen LogP) is 7.02. The molecular formula is C22H17F6NO. The molecule has 2 unspecified atom stereocenters. The summed E-state index contributed by atoms with van der Waals surface area (Å²) in [5.41, 5.74) is -1.20. The zero-order chi connectivity index (χ0) is 22.1. The molecule has 2 nitrogen and oxygen atoms in total. The molecule has 0 N–H and O–H groups in total. The summed E-state index contributed by atoms with van der Waals surface area (Å²) in [7, 11) is 0. The maximum atomic E-state index is 14.4. The summed E-state index contributed by atoms with van der Waals surface area (Å²) >= 11 is 0. The van der Waals surface area contributed by atoms with Gasteiger partial charge in [-0.25, -0.2) is 17.6 Å². The Morgan fingerprint density at radius 2 is 1.60 bits per heavy atom. The van der Waals surface area contributed by atoms with Crippen LogP contribution in [0.15, 0.2) is 48.1 Å². The second-order valence-corrected chi connectivity index (χ2v) is 7.05. The van der Waals surface area contributed by atoms with Crippen molar-refractivity contribution in [1.29, 1.82) is 5.26 Å². The highest BCUT2D eigenvalue weighted by atomic mass is 19.3. The van der Waals surface area contributed by atoms with E-state index in [-0.39, 0.29) is 0 Å². The van der Waals surface area contributed by atoms with Gasteiger partial charge in [0.2, 0.25) is 0 Å². The minimum atomic E-state index is -3.95. The lowest BCUT2D eigenvalue weighted by atomic mass is 9.81. The lowest BCUT2D eigenvalue weighted by Crippen LogP contribution is -2.22. The third-order valence-electron chi connectivity index (χ3n) is 5.21. The van der Waals surface area contributed by atoms with E-state index in [0.717, 1.165) is 12.1 Å². The third-order valence-corrected chi connectivity index (χ3v) is 5.21. The molecule has 0 spiro atoms. The Labute approximate surface area is 169 Å². The fraction of sp³-hybridized carbons (Fsp3) is 0.318. The molecule has 0 saturated carbocycles. The molecule has 0 aromatic heterocycles. The Bertz CT molecular complexity index is 986. The zero-order valence-electron chi connectivity index (χ0n) is 15.9. The van der Waals surface area contributed by atoms with E-state index in [2.05, 4.69) is 4.74 Å². The number of nitrogens with zero attached hydrogens (tertiary/aromatic N) is 1. The van der Waals surface area contributed by atoms with Gasteiger partial charge in [-0.05, 0) is 37.0 Å². The monoisotopic (exact) mass is 425 g/mol. The van der Waals surface area contributed by atoms with Crippen molar-refractivity contribution in [2.45, 2.75) is 38.2 Å². The Hall–Kier alpha value is -2.95. The highest BCUT2D eigenvalue weighted by Gasteiger charge is 2.36. The molecule has 0 heterocycles. The summed E-state index contributed by atoms with van der Waals surface area (Å²) in [6.45, 7) is 1.76. The van der Waals surface area contributed by atoms with Crippen LogP contribution in [-0.2, 0) is 6.11 Å². The summed E-state index contributed by atoms with van der Waals surface area (Å²) in [6.07, 6.45) is -2.67. The van der Waals surface area contributed by atoms with Crippen LogP contribution >= 0.6 is 0 Å². The molecule has 0 fully saturated rings. The standard InChI is InChI=1S/C22H17F6NO/c1-2-12-5-8-16(21(26)20(12)25)13-3-6-14(7-4-13)22(27,28)30-15-9-18(23)17(11-29)19(24)10-15/h3-4,6-7,9-10,12,16H,2,5,8H2,1H3. The quantitative estimate of drug-likeness (QED) is 0.483. The predicted molar refractivity (Wildman–Crippen MR) is 97.0 cm³/mol. The fourth-order valence-corrected chi connectivity index (χ4v) is 3.51. The molecule has 1 aliphatic carbocycles. The van der Waals surface area contributed by atoms with Crippen molar-refractivity contribution in [2.24, 2.45) is 5.92 Å². The number of benzene rings is 2. The van der Waals surface area contributed by atoms with E-state index >= 15 is 0 Å². The third kappa shape index (κ3) is 4.16. The SMILES string of the molecule is CCC1CCC(c2ccc(C(F)(F)Oc3cc(F)c(C#N)c(F)c3)cc2)C(F)=C1F. The first-order valence-electron chi connectivity index (χ1n) is 9.29. The number of allylic oxidation sites excluding steroid dienone is 2. The molecule has 0 aliphatic heterocycles. The van der Waals surface area contributed by atoms with E-state index in [1.807, 2.05) is 0 Å². The fourth-order valence-electron chi connectivity index (χ4n) is 3.51. The number of halogens is 6. The van der Waals surface area contributed by atoms with Crippen LogP contribution in [0.3, 0.4) is 0 Å². The Morgan fingerprint density at radius 3 is 2.13 bits per heavy atom. The maximum absolute atomic E-state index is 14.4. The maximum Gasteiger partial charge on any atom is 0.426 e. The van der Waals surface area contributed by atoms with Crippen molar-refractivity contribution in [2.75, 3.05) is 0 Å². The molecular weight excluding hydrogens is 408 g/mol. The summed E-state index contributed by atoms with van der Waals surface area (Å²) in [5, 5.41) is 8.63. The van der Waals surface area contributed by atoms with Crippen LogP contribution in [0.5, 0.6) is 5.75 Å². The van der Waals surface area contributed by atoms with Gasteiger partial charge in [-0.3, -0.25) is 0 Å². The van der Waals surface area contributed by atoms with Crippen LogP contribution in [0, 0.1) is 28.9 Å². The van der Waals surface area contributed by atoms with E-state index < -0.39 is 58.1 Å². The van der Waals surface area contributed by atoms with E-state index in [9.17, 15) is 26.3 Å². The van der Waals surface area contributed by atoms with Gasteiger partial charge in [0.05, 0.1) is 5.56 Å². The molecule has 8 heteroatoms. The molecule has 158 valence electrons. The Morgan fingerprint density at radius 1 is 1.00 bits per heavy atom. The van der Waals surface area contributed by atoms with Crippen LogP contribution in [-0.4, -0.2) is 0 Å². The molecule has 0 amide bonds. The molecule has 30 heavy (non-hydrogen) atoms. The van der Waals surface area contributed by atoms with Gasteiger partial charge in [0.1, 0.15) is 40.7 Å². The Kier molecular flexibility index (Phi) is 6.11. The number of ether oxygens (including phenoxy) is 1. The summed E-state index contributed by atoms with van der Waals surface area (Å²) in [6, 6.07) is 6.72. The minimum Gasteiger partial charge on any atom is -0.429 e. The first kappa shape index (κ1) is 21.8. The molecule has 1 aliphatic rings. The van der Waals surface area contributed by atoms with Gasteiger partial charge in [-0.1, -0.05) is 19.1 Å². The largest absolute Gasteiger partial charge is 0.429 e. The lowest BCUT2D eigenvalue weighted by Gasteiger charge is -2.26. The van der Waals surface area contributed by atoms with E-state index in [1.54, 1.807) is 6.92 Å². The van der Waals surface area contributed by atoms with Gasteiger partial charge in [-0.2, -0.15) is 14.0 Å². The second-order valence-electron chi connectivity index (χ2n) is 7.05. The van der Waals surface area contributed by atoms with Crippen LogP contribution in [0.2, 0.25) is 0 Å². The van der Waals surface area contributed by atoms with Crippen molar-refractivity contribution in [3.63, 3.8) is 0 Å². The van der Waals surface area contributed by atoms with Crippen molar-refractivity contribution in [3.05, 3.63) is 76.4 Å². The van der Waals surface area contributed by atoms with Crippen molar-refractivity contribution < 1.29 is 31.1 Å². The van der Waals surface area contributed by atoms with Gasteiger partial charge < -0.3 is 4.74 Å². The average Bonchev–Trinajstić information content (AvgIpc) is 2.69. The lowest BCUT2D eigenvalue weighted by molar-refractivity contribution is -0.185. The molecule has 2 atom stereocenters. The first-order valence-corrected chi connectivity index (χ1v) is 9.29. The van der Waals surface area contributed by atoms with E-state index in [0.29, 0.717) is 37.0 Å². The van der Waals surface area contributed by atoms with Gasteiger partial charge in [-0.15, -0.1) is 0 Å². The Balaban J connectivity index is 1.82. The number of alkyl halides is 2. The molecule has 2 aromatic carbocycles. The minimum absolute atomic E-state index is 0.340. The highest BCUT2D eigenvalue weighted by molar-refractivity contribution is 5.39. The van der Waals surface area contributed by atoms with E-state index in [1.165, 1.54) is 18.2 Å². The molecule has 2 aromatic rings. The number of rotatable bonds is 5. The van der Waals surface area contributed by atoms with Crippen LogP contribution < -0.4 is 4.74 Å². The number of hydrogen-bond acceptors (Lipinski definition) is 2. The molecule has 3 rings (SSSR count). The number of hydrogen-bond donors (Lipinski definition) is 0. The molecule has 0 saturated heterocycles. The van der Waals surface area contributed by atoms with Gasteiger partial charge in [0, 0.05) is 24.0 Å². The van der Waals surface area contributed by atoms with Crippen LogP contribution in [0.1, 0.15) is 48.8 Å². The zero-order valence-corrected chi connectivity index (χ0v) is 15.9. The first-order chi connectivity index (χ1) is 14.2. The summed E-state index contributed by atoms with van der Waals surface area (Å²) in [4.78, 5) is 0. The molecule has 0 bridgehead atoms. The van der Waals surface area contributed by atoms with Crippen molar-refractivity contribution in [3.8, 4) is 11.8 Å². The number of nitriles is 1. The smallest absolute Gasteiger partial charge is 0.426 e. The van der Waals surface area contributed by atoms with Crippen molar-refractivity contribution in [1.82, 2.24) is 0 Å². The van der Waals surface area contributed by atoms with E-state index in [4.69, 9.17) is 5.26 Å². The van der Waals surface area contributed by atoms with Crippen LogP contribution in [0.25, 0.3) is 0 Å². The summed E-state index contributed by atoms with van der Waals surface area (Å²) < 4.78 is 89.0. The van der Waals surface area contributed by atoms with Gasteiger partial charge in [0.15, 0.2) is 0 Å². The van der Waals surface area contributed by atoms with Gasteiger partial charge >= 0.3 is 6.11 Å².